The zero-order valence-electron chi connectivity index (χ0n) is 21.1. The molecule has 0 bridgehead atoms. The Morgan fingerprint density at radius 2 is 1.57 bits per heavy atom. The van der Waals surface area contributed by atoms with Crippen LogP contribution in [0.25, 0.3) is 0 Å². The Kier molecular flexibility index (Phi) is 8.54. The fraction of sp³-hybridized carbons (Fsp3) is 0.259. The predicted molar refractivity (Wildman–Crippen MR) is 141 cm³/mol. The van der Waals surface area contributed by atoms with Crippen molar-refractivity contribution in [2.45, 2.75) is 38.1 Å². The summed E-state index contributed by atoms with van der Waals surface area (Å²) in [4.78, 5) is 25.7. The molecule has 0 aliphatic rings. The molecule has 3 rings (SSSR count). The number of sulfonamides is 1. The molecule has 8 nitrogen and oxygen atoms in total. The third-order valence-electron chi connectivity index (χ3n) is 5.06. The second kappa shape index (κ2) is 11.4. The fourth-order valence-corrected chi connectivity index (χ4v) is 4.86. The van der Waals surface area contributed by atoms with Gasteiger partial charge in [-0.05, 0) is 88.4 Å². The third-order valence-corrected chi connectivity index (χ3v) is 6.85. The van der Waals surface area contributed by atoms with Crippen LogP contribution in [0.4, 0.5) is 15.8 Å². The second-order valence-electron chi connectivity index (χ2n) is 9.19. The van der Waals surface area contributed by atoms with Gasteiger partial charge in [-0.2, -0.15) is 0 Å². The van der Waals surface area contributed by atoms with E-state index in [0.717, 1.165) is 28.6 Å². The quantitative estimate of drug-likeness (QED) is 0.424. The summed E-state index contributed by atoms with van der Waals surface area (Å²) in [6, 6.07) is 17.0. The molecule has 10 heteroatoms. The number of ether oxygens (including phenoxy) is 1. The Bertz CT molecular complexity index is 1350. The average molecular weight is 528 g/mol. The summed E-state index contributed by atoms with van der Waals surface area (Å²) >= 11 is 0. The molecule has 3 aromatic carbocycles. The number of para-hydroxylation sites is 1. The number of nitrogens with one attached hydrogen (secondary N) is 2. The van der Waals surface area contributed by atoms with E-state index >= 15 is 0 Å². The summed E-state index contributed by atoms with van der Waals surface area (Å²) in [5, 5.41) is 5.49. The highest BCUT2D eigenvalue weighted by Gasteiger charge is 2.28. The predicted octanol–water partition coefficient (Wildman–Crippen LogP) is 4.59. The molecule has 196 valence electrons. The molecule has 0 aliphatic carbocycles. The van der Waals surface area contributed by atoms with Crippen LogP contribution in [-0.2, 0) is 14.8 Å². The summed E-state index contributed by atoms with van der Waals surface area (Å²) < 4.78 is 46.8. The van der Waals surface area contributed by atoms with E-state index < -0.39 is 33.8 Å². The van der Waals surface area contributed by atoms with E-state index in [1.807, 2.05) is 27.7 Å². The minimum absolute atomic E-state index is 0.180. The molecule has 0 aliphatic heterocycles. The molecule has 3 aromatic rings. The van der Waals surface area contributed by atoms with E-state index in [9.17, 15) is 22.4 Å². The number of amides is 2. The van der Waals surface area contributed by atoms with Gasteiger partial charge in [0.25, 0.3) is 15.9 Å². The number of benzene rings is 3. The lowest BCUT2D eigenvalue weighted by atomic mass is 10.1. The van der Waals surface area contributed by atoms with Gasteiger partial charge < -0.3 is 15.4 Å². The van der Waals surface area contributed by atoms with Crippen LogP contribution in [0.2, 0.25) is 0 Å². The number of anilines is 2. The van der Waals surface area contributed by atoms with Crippen LogP contribution in [0, 0.1) is 5.82 Å². The number of halogens is 1. The molecular weight excluding hydrogens is 497 g/mol. The zero-order valence-corrected chi connectivity index (χ0v) is 21.9. The highest BCUT2D eigenvalue weighted by molar-refractivity contribution is 7.92. The van der Waals surface area contributed by atoms with Crippen molar-refractivity contribution in [1.29, 1.82) is 0 Å². The molecule has 0 saturated heterocycles. The molecule has 2 amide bonds. The highest BCUT2D eigenvalue weighted by atomic mass is 32.2. The molecule has 0 aromatic heterocycles. The number of carbonyl (C=O) groups excluding carboxylic acids is 2. The molecule has 0 radical (unpaired) electrons. The van der Waals surface area contributed by atoms with Crippen molar-refractivity contribution >= 4 is 33.2 Å². The molecular formula is C27H30FN3O5S. The Hall–Kier alpha value is -3.92. The van der Waals surface area contributed by atoms with Crippen LogP contribution in [0.3, 0.4) is 0 Å². The first-order valence-corrected chi connectivity index (χ1v) is 13.1. The monoisotopic (exact) mass is 527 g/mol. The molecule has 0 unspecified atom stereocenters. The normalized spacial score (nSPS) is 11.5. The summed E-state index contributed by atoms with van der Waals surface area (Å²) in [5.41, 5.74) is 0.184. The smallest absolute Gasteiger partial charge is 0.264 e. The van der Waals surface area contributed by atoms with E-state index in [1.165, 1.54) is 12.1 Å². The number of hydrogen-bond acceptors (Lipinski definition) is 5. The van der Waals surface area contributed by atoms with E-state index in [4.69, 9.17) is 4.74 Å². The van der Waals surface area contributed by atoms with Gasteiger partial charge >= 0.3 is 0 Å². The number of carbonyl (C=O) groups is 2. The van der Waals surface area contributed by atoms with E-state index in [2.05, 4.69) is 10.6 Å². The van der Waals surface area contributed by atoms with Gasteiger partial charge in [0.15, 0.2) is 0 Å². The molecule has 2 N–H and O–H groups in total. The Balaban J connectivity index is 1.93. The van der Waals surface area contributed by atoms with Crippen LogP contribution in [0.5, 0.6) is 5.75 Å². The molecule has 0 fully saturated rings. The lowest BCUT2D eigenvalue weighted by Crippen LogP contribution is -2.41. The van der Waals surface area contributed by atoms with Crippen LogP contribution in [-0.4, -0.2) is 38.9 Å². The fourth-order valence-electron chi connectivity index (χ4n) is 3.44. The first kappa shape index (κ1) is 27.7. The van der Waals surface area contributed by atoms with Crippen molar-refractivity contribution in [3.8, 4) is 5.75 Å². The number of hydrogen-bond donors (Lipinski definition) is 2. The van der Waals surface area contributed by atoms with Gasteiger partial charge in [0.1, 0.15) is 18.1 Å². The van der Waals surface area contributed by atoms with Crippen molar-refractivity contribution < 1.29 is 27.1 Å². The van der Waals surface area contributed by atoms with Crippen LogP contribution in [0.15, 0.2) is 77.7 Å². The number of nitrogens with zero attached hydrogens (tertiary/aromatic N) is 1. The van der Waals surface area contributed by atoms with Crippen molar-refractivity contribution in [3.05, 3.63) is 84.2 Å². The first-order chi connectivity index (χ1) is 17.4. The summed E-state index contributed by atoms with van der Waals surface area (Å²) in [5.74, 6) is -1.11. The van der Waals surface area contributed by atoms with Gasteiger partial charge in [-0.3, -0.25) is 13.9 Å². The van der Waals surface area contributed by atoms with Crippen LogP contribution in [0.1, 0.15) is 38.1 Å². The third kappa shape index (κ3) is 7.29. The van der Waals surface area contributed by atoms with Crippen molar-refractivity contribution in [3.63, 3.8) is 0 Å². The standard InChI is InChI=1S/C27H30FN3O5S/c1-5-36-21-14-12-20(13-15-21)31(37(34,35)22-16-10-19(28)11-17-22)18-25(32)29-24-9-7-6-8-23(24)26(33)30-27(2,3)4/h6-17H,5,18H2,1-4H3,(H,29,32)(H,30,33). The van der Waals surface area contributed by atoms with Crippen LogP contribution >= 0.6 is 0 Å². The molecule has 37 heavy (non-hydrogen) atoms. The van der Waals surface area contributed by atoms with Crippen molar-refractivity contribution in [2.24, 2.45) is 0 Å². The minimum atomic E-state index is -4.25. The van der Waals surface area contributed by atoms with E-state index in [0.29, 0.717) is 12.4 Å². The van der Waals surface area contributed by atoms with Gasteiger partial charge in [-0.1, -0.05) is 12.1 Å². The van der Waals surface area contributed by atoms with Gasteiger partial charge in [0.05, 0.1) is 28.4 Å². The molecule has 0 saturated carbocycles. The average Bonchev–Trinajstić information content (AvgIpc) is 2.83. The van der Waals surface area contributed by atoms with Gasteiger partial charge in [0.2, 0.25) is 5.91 Å². The molecule has 0 atom stereocenters. The molecule has 0 heterocycles. The summed E-state index contributed by atoms with van der Waals surface area (Å²) in [6.45, 7) is 7.16. The maximum atomic E-state index is 13.5. The highest BCUT2D eigenvalue weighted by Crippen LogP contribution is 2.26. The SMILES string of the molecule is CCOc1ccc(N(CC(=O)Nc2ccccc2C(=O)NC(C)(C)C)S(=O)(=O)c2ccc(F)cc2)cc1. The van der Waals surface area contributed by atoms with Gasteiger partial charge in [0, 0.05) is 5.54 Å². The zero-order chi connectivity index (χ0) is 27.2. The van der Waals surface area contributed by atoms with Crippen molar-refractivity contribution in [2.75, 3.05) is 22.8 Å². The summed E-state index contributed by atoms with van der Waals surface area (Å²) in [6.07, 6.45) is 0. The lowest BCUT2D eigenvalue weighted by molar-refractivity contribution is -0.114. The Labute approximate surface area is 216 Å². The lowest BCUT2D eigenvalue weighted by Gasteiger charge is -2.25. The topological polar surface area (TPSA) is 105 Å². The van der Waals surface area contributed by atoms with Gasteiger partial charge in [-0.25, -0.2) is 12.8 Å². The van der Waals surface area contributed by atoms with Crippen LogP contribution < -0.4 is 19.7 Å². The largest absolute Gasteiger partial charge is 0.494 e. The summed E-state index contributed by atoms with van der Waals surface area (Å²) in [7, 11) is -4.25. The van der Waals surface area contributed by atoms with Crippen molar-refractivity contribution in [1.82, 2.24) is 5.32 Å². The number of rotatable bonds is 9. The van der Waals surface area contributed by atoms with Gasteiger partial charge in [-0.15, -0.1) is 0 Å². The molecule has 0 spiro atoms. The van der Waals surface area contributed by atoms with E-state index in [-0.39, 0.29) is 27.7 Å². The first-order valence-electron chi connectivity index (χ1n) is 11.6. The van der Waals surface area contributed by atoms with E-state index in [1.54, 1.807) is 36.4 Å². The minimum Gasteiger partial charge on any atom is -0.494 e. The Morgan fingerprint density at radius 3 is 2.16 bits per heavy atom. The Morgan fingerprint density at radius 1 is 0.946 bits per heavy atom. The second-order valence-corrected chi connectivity index (χ2v) is 11.1. The maximum absolute atomic E-state index is 13.5. The maximum Gasteiger partial charge on any atom is 0.264 e.